The minimum absolute atomic E-state index is 0.0572. The summed E-state index contributed by atoms with van der Waals surface area (Å²) in [4.78, 5) is 24.4. The molecule has 0 bridgehead atoms. The van der Waals surface area contributed by atoms with Crippen LogP contribution in [0.4, 0.5) is 0 Å². The van der Waals surface area contributed by atoms with E-state index in [1.165, 1.54) is 13.5 Å². The third-order valence-electron chi connectivity index (χ3n) is 7.01. The van der Waals surface area contributed by atoms with Gasteiger partial charge in [-0.05, 0) is 62.4 Å². The largest absolute Gasteiger partial charge is 0.429 e. The molecule has 0 saturated heterocycles. The molecule has 2 saturated carbocycles. The lowest BCUT2D eigenvalue weighted by Crippen LogP contribution is -2.39. The molecule has 0 amide bonds. The Labute approximate surface area is 156 Å². The van der Waals surface area contributed by atoms with Gasteiger partial charge in [0.1, 0.15) is 18.3 Å². The normalized spacial score (nSPS) is 38.1. The molecular weight excluding hydrogens is 332 g/mol. The van der Waals surface area contributed by atoms with Gasteiger partial charge < -0.3 is 14.2 Å². The number of fused-ring (bicyclic) bond motifs is 1. The van der Waals surface area contributed by atoms with E-state index in [4.69, 9.17) is 14.2 Å². The SMILES string of the molecule is COCO[C@@]1(C)C=C(CC[C@@H](C)[C@H]2CCC3C(=O)CCC[C@@]32C)OC1=O. The van der Waals surface area contributed by atoms with E-state index < -0.39 is 5.60 Å². The standard InChI is InChI=1S/C21H32O5/c1-14(16-9-10-17-18(22)6-5-11-20(16,17)2)7-8-15-12-21(3,19(23)26-15)25-13-24-4/h12,14,16-17H,5-11,13H2,1-4H3/t14-,16-,17?,20-,21+/m1/s1. The minimum atomic E-state index is -1.05. The van der Waals surface area contributed by atoms with E-state index in [2.05, 4.69) is 13.8 Å². The van der Waals surface area contributed by atoms with Crippen molar-refractivity contribution < 1.29 is 23.8 Å². The van der Waals surface area contributed by atoms with E-state index in [0.29, 0.717) is 23.4 Å². The predicted molar refractivity (Wildman–Crippen MR) is 97.1 cm³/mol. The first-order valence-electron chi connectivity index (χ1n) is 9.90. The Hall–Kier alpha value is -1.20. The number of esters is 1. The quantitative estimate of drug-likeness (QED) is 0.504. The predicted octanol–water partition coefficient (Wildman–Crippen LogP) is 4.01. The molecule has 2 fully saturated rings. The van der Waals surface area contributed by atoms with Crippen LogP contribution in [0.5, 0.6) is 0 Å². The second-order valence-electron chi connectivity index (χ2n) is 8.74. The highest BCUT2D eigenvalue weighted by Gasteiger charge is 2.52. The third-order valence-corrected chi connectivity index (χ3v) is 7.01. The molecule has 0 aromatic rings. The number of carbonyl (C=O) groups is 2. The van der Waals surface area contributed by atoms with Crippen molar-refractivity contribution in [1.29, 1.82) is 0 Å². The zero-order chi connectivity index (χ0) is 18.9. The molecule has 0 aromatic heterocycles. The summed E-state index contributed by atoms with van der Waals surface area (Å²) >= 11 is 0. The van der Waals surface area contributed by atoms with Gasteiger partial charge in [-0.3, -0.25) is 4.79 Å². The summed E-state index contributed by atoms with van der Waals surface area (Å²) in [6, 6.07) is 0. The average molecular weight is 364 g/mol. The van der Waals surface area contributed by atoms with Gasteiger partial charge in [0.05, 0.1) is 0 Å². The van der Waals surface area contributed by atoms with Gasteiger partial charge in [-0.25, -0.2) is 4.79 Å². The highest BCUT2D eigenvalue weighted by Crippen LogP contribution is 2.57. The fourth-order valence-corrected chi connectivity index (χ4v) is 5.50. The number of hydrogen-bond donors (Lipinski definition) is 0. The monoisotopic (exact) mass is 364 g/mol. The topological polar surface area (TPSA) is 61.8 Å². The van der Waals surface area contributed by atoms with Crippen molar-refractivity contribution >= 4 is 11.8 Å². The first kappa shape index (κ1) is 19.6. The molecule has 0 aromatic carbocycles. The number of cyclic esters (lactones) is 1. The minimum Gasteiger partial charge on any atom is -0.429 e. The molecule has 1 heterocycles. The maximum Gasteiger partial charge on any atom is 0.347 e. The summed E-state index contributed by atoms with van der Waals surface area (Å²) in [5, 5.41) is 0. The van der Waals surface area contributed by atoms with Gasteiger partial charge in [0.15, 0.2) is 5.60 Å². The van der Waals surface area contributed by atoms with Crippen molar-refractivity contribution in [3.05, 3.63) is 11.8 Å². The van der Waals surface area contributed by atoms with Gasteiger partial charge in [-0.2, -0.15) is 0 Å². The Bertz CT molecular complexity index is 597. The smallest absolute Gasteiger partial charge is 0.347 e. The first-order valence-corrected chi connectivity index (χ1v) is 9.90. The average Bonchev–Trinajstić information content (AvgIpc) is 3.09. The Morgan fingerprint density at radius 1 is 1.31 bits per heavy atom. The van der Waals surface area contributed by atoms with Crippen LogP contribution < -0.4 is 0 Å². The molecule has 5 heteroatoms. The number of allylic oxidation sites excluding steroid dienone is 1. The van der Waals surface area contributed by atoms with E-state index in [1.807, 2.05) is 0 Å². The van der Waals surface area contributed by atoms with Crippen LogP contribution >= 0.6 is 0 Å². The molecule has 26 heavy (non-hydrogen) atoms. The fraction of sp³-hybridized carbons (Fsp3) is 0.810. The van der Waals surface area contributed by atoms with Gasteiger partial charge in [-0.15, -0.1) is 0 Å². The molecule has 1 aliphatic heterocycles. The number of carbonyl (C=O) groups excluding carboxylic acids is 2. The summed E-state index contributed by atoms with van der Waals surface area (Å²) in [6.07, 6.45) is 8.62. The summed E-state index contributed by atoms with van der Waals surface area (Å²) in [5.74, 6) is 2.14. The van der Waals surface area contributed by atoms with Crippen LogP contribution in [0.25, 0.3) is 0 Å². The Morgan fingerprint density at radius 3 is 2.81 bits per heavy atom. The van der Waals surface area contributed by atoms with E-state index in [1.54, 1.807) is 13.0 Å². The summed E-state index contributed by atoms with van der Waals surface area (Å²) in [6.45, 7) is 6.38. The number of ether oxygens (including phenoxy) is 3. The zero-order valence-electron chi connectivity index (χ0n) is 16.5. The number of rotatable bonds is 7. The van der Waals surface area contributed by atoms with Crippen LogP contribution in [0.1, 0.15) is 65.7 Å². The van der Waals surface area contributed by atoms with Crippen LogP contribution in [0.3, 0.4) is 0 Å². The van der Waals surface area contributed by atoms with Gasteiger partial charge >= 0.3 is 5.97 Å². The molecular formula is C21H32O5. The second kappa shape index (κ2) is 7.43. The zero-order valence-corrected chi connectivity index (χ0v) is 16.5. The number of ketones is 1. The summed E-state index contributed by atoms with van der Waals surface area (Å²) in [7, 11) is 1.53. The third kappa shape index (κ3) is 3.48. The molecule has 1 unspecified atom stereocenters. The van der Waals surface area contributed by atoms with E-state index >= 15 is 0 Å². The molecule has 5 atom stereocenters. The second-order valence-corrected chi connectivity index (χ2v) is 8.74. The Morgan fingerprint density at radius 2 is 2.08 bits per heavy atom. The molecule has 3 aliphatic rings. The van der Waals surface area contributed by atoms with Crippen LogP contribution in [0.15, 0.2) is 11.8 Å². The lowest BCUT2D eigenvalue weighted by Gasteiger charge is -2.42. The van der Waals surface area contributed by atoms with E-state index in [-0.39, 0.29) is 24.1 Å². The van der Waals surface area contributed by atoms with Crippen molar-refractivity contribution in [3.8, 4) is 0 Å². The molecule has 3 rings (SSSR count). The summed E-state index contributed by atoms with van der Waals surface area (Å²) < 4.78 is 15.8. The van der Waals surface area contributed by atoms with Crippen LogP contribution in [-0.4, -0.2) is 31.3 Å². The van der Waals surface area contributed by atoms with Crippen LogP contribution in [-0.2, 0) is 23.8 Å². The summed E-state index contributed by atoms with van der Waals surface area (Å²) in [5.41, 5.74) is -0.889. The van der Waals surface area contributed by atoms with Crippen molar-refractivity contribution in [2.45, 2.75) is 71.3 Å². The van der Waals surface area contributed by atoms with E-state index in [0.717, 1.165) is 38.5 Å². The van der Waals surface area contributed by atoms with Crippen molar-refractivity contribution in [1.82, 2.24) is 0 Å². The Balaban J connectivity index is 1.59. The molecule has 0 spiro atoms. The lowest BCUT2D eigenvalue weighted by molar-refractivity contribution is -0.166. The molecule has 2 aliphatic carbocycles. The van der Waals surface area contributed by atoms with Gasteiger partial charge in [0, 0.05) is 25.9 Å². The highest BCUT2D eigenvalue weighted by atomic mass is 16.7. The molecule has 146 valence electrons. The molecule has 0 N–H and O–H groups in total. The van der Waals surface area contributed by atoms with Crippen molar-refractivity contribution in [3.63, 3.8) is 0 Å². The maximum atomic E-state index is 12.3. The van der Waals surface area contributed by atoms with Gasteiger partial charge in [-0.1, -0.05) is 13.8 Å². The Kier molecular flexibility index (Phi) is 5.59. The van der Waals surface area contributed by atoms with Crippen LogP contribution in [0, 0.1) is 23.2 Å². The first-order chi connectivity index (χ1) is 12.3. The van der Waals surface area contributed by atoms with Crippen molar-refractivity contribution in [2.75, 3.05) is 13.9 Å². The number of hydrogen-bond acceptors (Lipinski definition) is 5. The highest BCUT2D eigenvalue weighted by molar-refractivity contribution is 5.85. The number of Topliss-reactive ketones (excluding diaryl/α,β-unsaturated/α-hetero) is 1. The van der Waals surface area contributed by atoms with Crippen molar-refractivity contribution in [2.24, 2.45) is 23.2 Å². The van der Waals surface area contributed by atoms with Crippen LogP contribution in [0.2, 0.25) is 0 Å². The maximum absolute atomic E-state index is 12.3. The van der Waals surface area contributed by atoms with Gasteiger partial charge in [0.25, 0.3) is 0 Å². The molecule has 5 nitrogen and oxygen atoms in total. The van der Waals surface area contributed by atoms with Gasteiger partial charge in [0.2, 0.25) is 0 Å². The lowest BCUT2D eigenvalue weighted by atomic mass is 9.62. The fourth-order valence-electron chi connectivity index (χ4n) is 5.50. The number of methoxy groups -OCH3 is 1. The molecule has 0 radical (unpaired) electrons. The van der Waals surface area contributed by atoms with E-state index in [9.17, 15) is 9.59 Å².